The van der Waals surface area contributed by atoms with Crippen LogP contribution in [0.3, 0.4) is 0 Å². The lowest BCUT2D eigenvalue weighted by atomic mass is 9.98. The molecule has 0 aliphatic rings. The van der Waals surface area contributed by atoms with Crippen molar-refractivity contribution >= 4 is 11.6 Å². The van der Waals surface area contributed by atoms with Crippen LogP contribution < -0.4 is 11.1 Å². The van der Waals surface area contributed by atoms with Crippen LogP contribution in [0.15, 0.2) is 24.4 Å². The van der Waals surface area contributed by atoms with E-state index in [9.17, 15) is 4.79 Å². The van der Waals surface area contributed by atoms with Gasteiger partial charge in [-0.25, -0.2) is 4.68 Å². The molecule has 0 unspecified atom stereocenters. The Bertz CT molecular complexity index is 633. The Hall–Kier alpha value is -2.21. The van der Waals surface area contributed by atoms with Crippen LogP contribution >= 0.6 is 0 Å². The van der Waals surface area contributed by atoms with Gasteiger partial charge in [-0.05, 0) is 24.0 Å². The molecule has 0 saturated carbocycles. The van der Waals surface area contributed by atoms with Gasteiger partial charge in [0.25, 0.3) is 0 Å². The number of hydrogen-bond acceptors (Lipinski definition) is 4. The third-order valence-corrected chi connectivity index (χ3v) is 3.39. The molecule has 0 saturated heterocycles. The van der Waals surface area contributed by atoms with Crippen LogP contribution in [0.1, 0.15) is 36.6 Å². The molecule has 0 aliphatic heterocycles. The van der Waals surface area contributed by atoms with E-state index in [2.05, 4.69) is 29.5 Å². The van der Waals surface area contributed by atoms with E-state index in [0.29, 0.717) is 12.5 Å². The number of nitrogens with one attached hydrogen (secondary N) is 1. The van der Waals surface area contributed by atoms with E-state index in [0.717, 1.165) is 22.5 Å². The molecular weight excluding hydrogens is 266 g/mol. The van der Waals surface area contributed by atoms with Crippen molar-refractivity contribution in [1.82, 2.24) is 15.0 Å². The zero-order valence-electron chi connectivity index (χ0n) is 12.6. The quantitative estimate of drug-likeness (QED) is 0.878. The summed E-state index contributed by atoms with van der Waals surface area (Å²) in [6, 6.07) is 6.03. The van der Waals surface area contributed by atoms with E-state index in [1.54, 1.807) is 6.20 Å². The highest BCUT2D eigenvalue weighted by molar-refractivity contribution is 5.92. The number of aromatic nitrogens is 3. The number of hydrogen-bond donors (Lipinski definition) is 2. The van der Waals surface area contributed by atoms with Crippen LogP contribution in [0.25, 0.3) is 0 Å². The summed E-state index contributed by atoms with van der Waals surface area (Å²) in [6.07, 6.45) is 1.57. The van der Waals surface area contributed by atoms with E-state index in [1.807, 2.05) is 25.1 Å². The molecule has 2 rings (SSSR count). The number of rotatable bonds is 5. The monoisotopic (exact) mass is 287 g/mol. The van der Waals surface area contributed by atoms with Crippen molar-refractivity contribution in [2.75, 3.05) is 5.32 Å². The molecule has 0 radical (unpaired) electrons. The standard InChI is InChI=1S/C15H21N5O/c1-10(2)13-6-4-5-11(3)15(13)18-14(21)9-20-12(7-16)8-17-19-20/h4-6,8,10H,7,9,16H2,1-3H3,(H,18,21). The summed E-state index contributed by atoms with van der Waals surface area (Å²) in [4.78, 5) is 12.2. The minimum absolute atomic E-state index is 0.110. The predicted molar refractivity (Wildman–Crippen MR) is 81.8 cm³/mol. The number of nitrogens with two attached hydrogens (primary N) is 1. The normalized spacial score (nSPS) is 10.9. The topological polar surface area (TPSA) is 85.8 Å². The Morgan fingerprint density at radius 3 is 2.86 bits per heavy atom. The van der Waals surface area contributed by atoms with Gasteiger partial charge < -0.3 is 11.1 Å². The van der Waals surface area contributed by atoms with Gasteiger partial charge in [-0.3, -0.25) is 4.79 Å². The number of benzene rings is 1. The van der Waals surface area contributed by atoms with Crippen LogP contribution in [-0.2, 0) is 17.9 Å². The van der Waals surface area contributed by atoms with Crippen molar-refractivity contribution in [2.24, 2.45) is 5.73 Å². The van der Waals surface area contributed by atoms with E-state index >= 15 is 0 Å². The Kier molecular flexibility index (Phi) is 4.70. The highest BCUT2D eigenvalue weighted by Gasteiger charge is 2.13. The number of carbonyl (C=O) groups is 1. The van der Waals surface area contributed by atoms with Crippen molar-refractivity contribution in [3.8, 4) is 0 Å². The number of aryl methyl sites for hydroxylation is 1. The molecule has 112 valence electrons. The van der Waals surface area contributed by atoms with Crippen molar-refractivity contribution in [3.63, 3.8) is 0 Å². The molecule has 0 bridgehead atoms. The minimum atomic E-state index is -0.133. The van der Waals surface area contributed by atoms with Gasteiger partial charge in [0, 0.05) is 12.2 Å². The molecule has 3 N–H and O–H groups in total. The van der Waals surface area contributed by atoms with E-state index in [4.69, 9.17) is 5.73 Å². The fourth-order valence-corrected chi connectivity index (χ4v) is 2.23. The molecule has 1 aromatic heterocycles. The van der Waals surface area contributed by atoms with Gasteiger partial charge in [-0.1, -0.05) is 37.3 Å². The fraction of sp³-hybridized carbons (Fsp3) is 0.400. The van der Waals surface area contributed by atoms with Gasteiger partial charge >= 0.3 is 0 Å². The molecule has 1 amide bonds. The third kappa shape index (κ3) is 3.46. The fourth-order valence-electron chi connectivity index (χ4n) is 2.23. The number of nitrogens with zero attached hydrogens (tertiary/aromatic N) is 3. The van der Waals surface area contributed by atoms with Gasteiger partial charge in [0.05, 0.1) is 11.9 Å². The van der Waals surface area contributed by atoms with Crippen LogP contribution in [0, 0.1) is 6.92 Å². The molecule has 6 nitrogen and oxygen atoms in total. The SMILES string of the molecule is Cc1cccc(C(C)C)c1NC(=O)Cn1nncc1CN. The third-order valence-electron chi connectivity index (χ3n) is 3.39. The number of carbonyl (C=O) groups excluding carboxylic acids is 1. The van der Waals surface area contributed by atoms with Gasteiger partial charge in [-0.2, -0.15) is 0 Å². The van der Waals surface area contributed by atoms with Crippen molar-refractivity contribution in [1.29, 1.82) is 0 Å². The highest BCUT2D eigenvalue weighted by atomic mass is 16.2. The highest BCUT2D eigenvalue weighted by Crippen LogP contribution is 2.27. The first-order chi connectivity index (χ1) is 10.0. The summed E-state index contributed by atoms with van der Waals surface area (Å²) in [5.74, 6) is 0.206. The van der Waals surface area contributed by atoms with Crippen molar-refractivity contribution in [3.05, 3.63) is 41.2 Å². The van der Waals surface area contributed by atoms with Gasteiger partial charge in [0.2, 0.25) is 5.91 Å². The van der Waals surface area contributed by atoms with Gasteiger partial charge in [0.1, 0.15) is 6.54 Å². The van der Waals surface area contributed by atoms with E-state index < -0.39 is 0 Å². The predicted octanol–water partition coefficient (Wildman–Crippen LogP) is 1.81. The van der Waals surface area contributed by atoms with Crippen LogP contribution in [-0.4, -0.2) is 20.9 Å². The summed E-state index contributed by atoms with van der Waals surface area (Å²) in [6.45, 7) is 6.62. The summed E-state index contributed by atoms with van der Waals surface area (Å²) < 4.78 is 1.52. The first kappa shape index (κ1) is 15.2. The molecule has 21 heavy (non-hydrogen) atoms. The first-order valence-electron chi connectivity index (χ1n) is 6.99. The number of para-hydroxylation sites is 1. The average molecular weight is 287 g/mol. The second-order valence-corrected chi connectivity index (χ2v) is 5.33. The summed E-state index contributed by atoms with van der Waals surface area (Å²) >= 11 is 0. The Labute approximate surface area is 124 Å². The van der Waals surface area contributed by atoms with Gasteiger partial charge in [-0.15, -0.1) is 5.10 Å². The van der Waals surface area contributed by atoms with Crippen molar-refractivity contribution < 1.29 is 4.79 Å². The lowest BCUT2D eigenvalue weighted by molar-refractivity contribution is -0.117. The Morgan fingerprint density at radius 2 is 2.19 bits per heavy atom. The molecule has 1 aromatic carbocycles. The first-order valence-corrected chi connectivity index (χ1v) is 6.99. The zero-order chi connectivity index (χ0) is 15.4. The molecule has 1 heterocycles. The van der Waals surface area contributed by atoms with Crippen molar-refractivity contribution in [2.45, 2.75) is 39.8 Å². The maximum Gasteiger partial charge on any atom is 0.246 e. The molecule has 2 aromatic rings. The lowest BCUT2D eigenvalue weighted by Gasteiger charge is -2.16. The summed E-state index contributed by atoms with van der Waals surface area (Å²) in [5.41, 5.74) is 9.37. The molecule has 0 spiro atoms. The molecular formula is C15H21N5O. The molecule has 6 heteroatoms. The maximum atomic E-state index is 12.2. The van der Waals surface area contributed by atoms with Crippen LogP contribution in [0.2, 0.25) is 0 Å². The average Bonchev–Trinajstić information content (AvgIpc) is 2.87. The van der Waals surface area contributed by atoms with E-state index in [1.165, 1.54) is 4.68 Å². The number of amides is 1. The smallest absolute Gasteiger partial charge is 0.246 e. The molecule has 0 aliphatic carbocycles. The summed E-state index contributed by atoms with van der Waals surface area (Å²) in [5, 5.41) is 10.6. The van der Waals surface area contributed by atoms with Crippen LogP contribution in [0.5, 0.6) is 0 Å². The maximum absolute atomic E-state index is 12.2. The number of anilines is 1. The molecule has 0 atom stereocenters. The molecule has 0 fully saturated rings. The second kappa shape index (κ2) is 6.49. The Morgan fingerprint density at radius 1 is 1.43 bits per heavy atom. The largest absolute Gasteiger partial charge is 0.325 e. The van der Waals surface area contributed by atoms with E-state index in [-0.39, 0.29) is 12.5 Å². The van der Waals surface area contributed by atoms with Crippen LogP contribution in [0.4, 0.5) is 5.69 Å². The zero-order valence-corrected chi connectivity index (χ0v) is 12.6. The second-order valence-electron chi connectivity index (χ2n) is 5.33. The van der Waals surface area contributed by atoms with Gasteiger partial charge in [0.15, 0.2) is 0 Å². The lowest BCUT2D eigenvalue weighted by Crippen LogP contribution is -2.23. The summed E-state index contributed by atoms with van der Waals surface area (Å²) in [7, 11) is 0. The Balaban J connectivity index is 2.17. The minimum Gasteiger partial charge on any atom is -0.325 e.